The van der Waals surface area contributed by atoms with E-state index in [1.807, 2.05) is 0 Å². The lowest BCUT2D eigenvalue weighted by atomic mass is 10.2. The van der Waals surface area contributed by atoms with E-state index in [0.717, 1.165) is 0 Å². The predicted octanol–water partition coefficient (Wildman–Crippen LogP) is 2.56. The molecular weight excluding hydrogens is 260 g/mol. The Kier molecular flexibility index (Phi) is 3.93. The van der Waals surface area contributed by atoms with Gasteiger partial charge in [-0.15, -0.1) is 0 Å². The van der Waals surface area contributed by atoms with Crippen molar-refractivity contribution < 1.29 is 18.8 Å². The first-order valence-electron chi connectivity index (χ1n) is 6.03. The summed E-state index contributed by atoms with van der Waals surface area (Å²) in [6, 6.07) is 5.15. The molecule has 0 spiro atoms. The van der Waals surface area contributed by atoms with E-state index in [0.29, 0.717) is 34.2 Å². The van der Waals surface area contributed by atoms with Crippen molar-refractivity contribution in [1.82, 2.24) is 5.16 Å². The zero-order chi connectivity index (χ0) is 14.7. The fourth-order valence-electron chi connectivity index (χ4n) is 1.91. The lowest BCUT2D eigenvalue weighted by molar-refractivity contribution is 0.102. The molecule has 0 aliphatic rings. The van der Waals surface area contributed by atoms with Gasteiger partial charge in [0.15, 0.2) is 11.5 Å². The third-order valence-corrected chi connectivity index (χ3v) is 2.90. The average Bonchev–Trinajstić information content (AvgIpc) is 2.78. The third-order valence-electron chi connectivity index (χ3n) is 2.90. The Labute approximate surface area is 116 Å². The summed E-state index contributed by atoms with van der Waals surface area (Å²) in [5.41, 5.74) is 1.60. The van der Waals surface area contributed by atoms with Crippen molar-refractivity contribution in [2.45, 2.75) is 13.8 Å². The van der Waals surface area contributed by atoms with Crippen LogP contribution >= 0.6 is 0 Å². The molecule has 1 aromatic carbocycles. The zero-order valence-corrected chi connectivity index (χ0v) is 11.8. The van der Waals surface area contributed by atoms with E-state index >= 15 is 0 Å². The number of nitrogens with one attached hydrogen (secondary N) is 1. The molecular formula is C14H16N2O4. The molecule has 2 rings (SSSR count). The number of nitrogens with zero attached hydrogens (tertiary/aromatic N) is 1. The van der Waals surface area contributed by atoms with Gasteiger partial charge < -0.3 is 19.3 Å². The first-order chi connectivity index (χ1) is 9.56. The van der Waals surface area contributed by atoms with E-state index in [1.165, 1.54) is 7.11 Å². The Balaban J connectivity index is 2.24. The van der Waals surface area contributed by atoms with Gasteiger partial charge in [0.2, 0.25) is 0 Å². The number of anilines is 1. The van der Waals surface area contributed by atoms with Gasteiger partial charge in [-0.25, -0.2) is 0 Å². The molecule has 0 radical (unpaired) electrons. The van der Waals surface area contributed by atoms with E-state index in [1.54, 1.807) is 39.2 Å². The molecule has 0 aliphatic carbocycles. The normalized spacial score (nSPS) is 10.2. The summed E-state index contributed by atoms with van der Waals surface area (Å²) < 4.78 is 15.3. The van der Waals surface area contributed by atoms with Crippen molar-refractivity contribution in [3.05, 3.63) is 35.2 Å². The highest BCUT2D eigenvalue weighted by molar-refractivity contribution is 6.05. The van der Waals surface area contributed by atoms with Crippen LogP contribution in [0.5, 0.6) is 11.5 Å². The Bertz CT molecular complexity index is 615. The minimum Gasteiger partial charge on any atom is -0.493 e. The van der Waals surface area contributed by atoms with Crippen LogP contribution in [0, 0.1) is 13.8 Å². The highest BCUT2D eigenvalue weighted by atomic mass is 16.5. The van der Waals surface area contributed by atoms with E-state index in [4.69, 9.17) is 14.0 Å². The fraction of sp³-hybridized carbons (Fsp3) is 0.286. The van der Waals surface area contributed by atoms with Crippen LogP contribution < -0.4 is 14.8 Å². The number of ether oxygens (including phenoxy) is 2. The minimum absolute atomic E-state index is 0.270. The van der Waals surface area contributed by atoms with E-state index in [-0.39, 0.29) is 5.91 Å². The van der Waals surface area contributed by atoms with Gasteiger partial charge in [-0.1, -0.05) is 5.16 Å². The molecule has 1 aromatic heterocycles. The van der Waals surface area contributed by atoms with Crippen LogP contribution in [0.25, 0.3) is 0 Å². The number of methoxy groups -OCH3 is 2. The van der Waals surface area contributed by atoms with Gasteiger partial charge >= 0.3 is 0 Å². The van der Waals surface area contributed by atoms with Gasteiger partial charge in [0.05, 0.1) is 19.9 Å². The Morgan fingerprint density at radius 1 is 1.20 bits per heavy atom. The highest BCUT2D eigenvalue weighted by Crippen LogP contribution is 2.30. The van der Waals surface area contributed by atoms with Crippen molar-refractivity contribution in [1.29, 1.82) is 0 Å². The molecule has 0 atom stereocenters. The van der Waals surface area contributed by atoms with Gasteiger partial charge in [0.25, 0.3) is 5.91 Å². The summed E-state index contributed by atoms with van der Waals surface area (Å²) in [6.07, 6.45) is 0. The zero-order valence-electron chi connectivity index (χ0n) is 11.8. The number of rotatable bonds is 4. The second-order valence-corrected chi connectivity index (χ2v) is 4.22. The predicted molar refractivity (Wildman–Crippen MR) is 73.5 cm³/mol. The standard InChI is InChI=1S/C14H16N2O4/c1-8-13(9(2)20-16-8)14(17)15-10-5-6-11(18-3)12(7-10)19-4/h5-7H,1-4H3,(H,15,17). The summed E-state index contributed by atoms with van der Waals surface area (Å²) in [5.74, 6) is 1.36. The Morgan fingerprint density at radius 3 is 2.45 bits per heavy atom. The van der Waals surface area contributed by atoms with Crippen LogP contribution in [-0.2, 0) is 0 Å². The summed E-state index contributed by atoms with van der Waals surface area (Å²) in [7, 11) is 3.09. The van der Waals surface area contributed by atoms with Gasteiger partial charge in [0.1, 0.15) is 11.3 Å². The molecule has 0 fully saturated rings. The Hall–Kier alpha value is -2.50. The van der Waals surface area contributed by atoms with E-state index < -0.39 is 0 Å². The second-order valence-electron chi connectivity index (χ2n) is 4.22. The quantitative estimate of drug-likeness (QED) is 0.929. The van der Waals surface area contributed by atoms with Crippen molar-refractivity contribution in [2.75, 3.05) is 19.5 Å². The second kappa shape index (κ2) is 5.64. The monoisotopic (exact) mass is 276 g/mol. The van der Waals surface area contributed by atoms with Gasteiger partial charge in [-0.2, -0.15) is 0 Å². The number of benzene rings is 1. The maximum atomic E-state index is 12.2. The summed E-state index contributed by atoms with van der Waals surface area (Å²) in [6.45, 7) is 3.42. The molecule has 1 N–H and O–H groups in total. The largest absolute Gasteiger partial charge is 0.493 e. The number of carbonyl (C=O) groups is 1. The molecule has 1 amide bonds. The minimum atomic E-state index is -0.270. The molecule has 6 nitrogen and oxygen atoms in total. The van der Waals surface area contributed by atoms with Crippen LogP contribution in [0.4, 0.5) is 5.69 Å². The first kappa shape index (κ1) is 13.9. The first-order valence-corrected chi connectivity index (χ1v) is 6.03. The van der Waals surface area contributed by atoms with Crippen LogP contribution in [0.3, 0.4) is 0 Å². The summed E-state index contributed by atoms with van der Waals surface area (Å²) in [4.78, 5) is 12.2. The van der Waals surface area contributed by atoms with Gasteiger partial charge in [-0.3, -0.25) is 4.79 Å². The van der Waals surface area contributed by atoms with Gasteiger partial charge in [0, 0.05) is 11.8 Å². The number of amides is 1. The lowest BCUT2D eigenvalue weighted by Gasteiger charge is -2.10. The topological polar surface area (TPSA) is 73.6 Å². The van der Waals surface area contributed by atoms with E-state index in [9.17, 15) is 4.79 Å². The number of hydrogen-bond acceptors (Lipinski definition) is 5. The van der Waals surface area contributed by atoms with Crippen LogP contribution in [0.2, 0.25) is 0 Å². The maximum absolute atomic E-state index is 12.2. The summed E-state index contributed by atoms with van der Waals surface area (Å²) in [5, 5.41) is 6.54. The fourth-order valence-corrected chi connectivity index (χ4v) is 1.91. The van der Waals surface area contributed by atoms with Crippen molar-refractivity contribution in [3.63, 3.8) is 0 Å². The van der Waals surface area contributed by atoms with Crippen LogP contribution in [-0.4, -0.2) is 25.3 Å². The number of aryl methyl sites for hydroxylation is 2. The number of carbonyl (C=O) groups excluding carboxylic acids is 1. The third kappa shape index (κ3) is 2.59. The van der Waals surface area contributed by atoms with E-state index in [2.05, 4.69) is 10.5 Å². The molecule has 2 aromatic rings. The summed E-state index contributed by atoms with van der Waals surface area (Å²) >= 11 is 0. The molecule has 1 heterocycles. The number of aromatic nitrogens is 1. The average molecular weight is 276 g/mol. The molecule has 20 heavy (non-hydrogen) atoms. The van der Waals surface area contributed by atoms with Crippen molar-refractivity contribution >= 4 is 11.6 Å². The molecule has 0 saturated heterocycles. The maximum Gasteiger partial charge on any atom is 0.261 e. The van der Waals surface area contributed by atoms with Crippen LogP contribution in [0.1, 0.15) is 21.8 Å². The Morgan fingerprint density at radius 2 is 1.90 bits per heavy atom. The van der Waals surface area contributed by atoms with Gasteiger partial charge in [-0.05, 0) is 26.0 Å². The molecule has 0 unspecified atom stereocenters. The SMILES string of the molecule is COc1ccc(NC(=O)c2c(C)noc2C)cc1OC. The number of hydrogen-bond donors (Lipinski definition) is 1. The highest BCUT2D eigenvalue weighted by Gasteiger charge is 2.18. The van der Waals surface area contributed by atoms with Crippen molar-refractivity contribution in [2.24, 2.45) is 0 Å². The molecule has 106 valence electrons. The molecule has 0 saturated carbocycles. The lowest BCUT2D eigenvalue weighted by Crippen LogP contribution is -2.13. The van der Waals surface area contributed by atoms with Crippen LogP contribution in [0.15, 0.2) is 22.7 Å². The smallest absolute Gasteiger partial charge is 0.261 e. The molecule has 0 aliphatic heterocycles. The molecule has 6 heteroatoms. The van der Waals surface area contributed by atoms with Crippen molar-refractivity contribution in [3.8, 4) is 11.5 Å². The molecule has 0 bridgehead atoms.